The standard InChI is InChI=1S/C21H43O6PSi/c1-8-25-28(22,26-9-2)17-14-19(18-24-20-12-10-11-15-23-20)13-16-27-29(6,7)21(3,4)5/h14,17,19-20H,8-13,15-16,18H2,1-7H3/b17-14+/t19-,20+/m0/s1. The number of hydrogen-bond donors (Lipinski definition) is 0. The van der Waals surface area contributed by atoms with E-state index < -0.39 is 15.9 Å². The maximum absolute atomic E-state index is 12.8. The first-order valence-corrected chi connectivity index (χ1v) is 15.5. The summed E-state index contributed by atoms with van der Waals surface area (Å²) in [4.78, 5) is 0. The Kier molecular flexibility index (Phi) is 11.9. The van der Waals surface area contributed by atoms with Crippen molar-refractivity contribution < 1.29 is 27.5 Å². The van der Waals surface area contributed by atoms with Crippen LogP contribution in [0.15, 0.2) is 11.9 Å². The summed E-state index contributed by atoms with van der Waals surface area (Å²) in [5, 5.41) is 0.171. The average Bonchev–Trinajstić information content (AvgIpc) is 2.64. The number of ether oxygens (including phenoxy) is 2. The molecule has 0 N–H and O–H groups in total. The van der Waals surface area contributed by atoms with Gasteiger partial charge < -0.3 is 22.9 Å². The first-order chi connectivity index (χ1) is 13.5. The highest BCUT2D eigenvalue weighted by Gasteiger charge is 2.37. The molecule has 0 unspecified atom stereocenters. The van der Waals surface area contributed by atoms with Gasteiger partial charge in [-0.1, -0.05) is 26.8 Å². The molecular weight excluding hydrogens is 407 g/mol. The van der Waals surface area contributed by atoms with Crippen molar-refractivity contribution in [3.63, 3.8) is 0 Å². The molecule has 0 spiro atoms. The third-order valence-electron chi connectivity index (χ3n) is 5.55. The second-order valence-corrected chi connectivity index (χ2v) is 15.7. The molecule has 0 bridgehead atoms. The molecule has 1 aliphatic rings. The van der Waals surface area contributed by atoms with Crippen molar-refractivity contribution >= 4 is 15.9 Å². The van der Waals surface area contributed by atoms with Crippen molar-refractivity contribution in [1.29, 1.82) is 0 Å². The van der Waals surface area contributed by atoms with Crippen LogP contribution in [-0.2, 0) is 27.5 Å². The van der Waals surface area contributed by atoms with Crippen molar-refractivity contribution in [3.8, 4) is 0 Å². The van der Waals surface area contributed by atoms with E-state index in [1.165, 1.54) is 0 Å². The minimum absolute atomic E-state index is 0.0551. The Morgan fingerprint density at radius 2 is 1.83 bits per heavy atom. The van der Waals surface area contributed by atoms with Crippen molar-refractivity contribution in [2.45, 2.75) is 84.7 Å². The summed E-state index contributed by atoms with van der Waals surface area (Å²) in [6, 6.07) is 0. The SMILES string of the molecule is CCOP(=O)(/C=C/[C@H](CCO[Si](C)(C)C(C)(C)C)CO[C@@H]1CCCCO1)OCC. The van der Waals surface area contributed by atoms with Crippen molar-refractivity contribution in [2.24, 2.45) is 5.92 Å². The van der Waals surface area contributed by atoms with E-state index in [0.29, 0.717) is 26.4 Å². The van der Waals surface area contributed by atoms with Crippen LogP contribution < -0.4 is 0 Å². The van der Waals surface area contributed by atoms with Crippen LogP contribution >= 0.6 is 7.60 Å². The van der Waals surface area contributed by atoms with E-state index in [9.17, 15) is 4.57 Å². The molecule has 8 heteroatoms. The summed E-state index contributed by atoms with van der Waals surface area (Å²) < 4.78 is 41.5. The third kappa shape index (κ3) is 10.2. The summed E-state index contributed by atoms with van der Waals surface area (Å²) in [6.45, 7) is 17.4. The third-order valence-corrected chi connectivity index (χ3v) is 11.9. The van der Waals surface area contributed by atoms with E-state index in [4.69, 9.17) is 22.9 Å². The highest BCUT2D eigenvalue weighted by atomic mass is 31.2. The van der Waals surface area contributed by atoms with Gasteiger partial charge in [-0.3, -0.25) is 4.57 Å². The van der Waals surface area contributed by atoms with E-state index in [-0.39, 0.29) is 17.2 Å². The zero-order valence-corrected chi connectivity index (χ0v) is 21.5. The summed E-state index contributed by atoms with van der Waals surface area (Å²) in [5.41, 5.74) is 0. The van der Waals surface area contributed by atoms with Gasteiger partial charge in [-0.2, -0.15) is 0 Å². The van der Waals surface area contributed by atoms with E-state index in [0.717, 1.165) is 32.3 Å². The van der Waals surface area contributed by atoms with Gasteiger partial charge in [-0.05, 0) is 57.7 Å². The Hall–Kier alpha value is -0.0131. The molecule has 1 aliphatic heterocycles. The van der Waals surface area contributed by atoms with Crippen LogP contribution in [0.3, 0.4) is 0 Å². The van der Waals surface area contributed by atoms with Crippen molar-refractivity contribution in [3.05, 3.63) is 11.9 Å². The molecule has 0 aliphatic carbocycles. The molecule has 172 valence electrons. The molecule has 6 nitrogen and oxygen atoms in total. The van der Waals surface area contributed by atoms with Crippen LogP contribution in [0.4, 0.5) is 0 Å². The Morgan fingerprint density at radius 3 is 2.34 bits per heavy atom. The molecule has 1 heterocycles. The van der Waals surface area contributed by atoms with Gasteiger partial charge in [0, 0.05) is 24.9 Å². The smallest absolute Gasteiger partial charge is 0.353 e. The second-order valence-electron chi connectivity index (χ2n) is 9.00. The second kappa shape index (κ2) is 12.7. The van der Waals surface area contributed by atoms with Gasteiger partial charge in [0.1, 0.15) is 0 Å². The zero-order chi connectivity index (χ0) is 22.0. The summed E-state index contributed by atoms with van der Waals surface area (Å²) in [5.74, 6) is 1.64. The summed E-state index contributed by atoms with van der Waals surface area (Å²) in [7, 11) is -5.03. The molecular formula is C21H43O6PSi. The lowest BCUT2D eigenvalue weighted by atomic mass is 10.1. The molecule has 0 amide bonds. The molecule has 1 rings (SSSR count). The Balaban J connectivity index is 2.73. The predicted octanol–water partition coefficient (Wildman–Crippen LogP) is 6.34. The fourth-order valence-corrected chi connectivity index (χ4v) is 5.18. The van der Waals surface area contributed by atoms with Crippen LogP contribution in [-0.4, -0.2) is 47.6 Å². The van der Waals surface area contributed by atoms with Gasteiger partial charge in [0.15, 0.2) is 14.6 Å². The molecule has 0 saturated carbocycles. The normalized spacial score (nSPS) is 20.3. The van der Waals surface area contributed by atoms with Crippen LogP contribution in [0, 0.1) is 5.92 Å². The Labute approximate surface area is 179 Å². The molecule has 0 radical (unpaired) electrons. The zero-order valence-electron chi connectivity index (χ0n) is 19.6. The Morgan fingerprint density at radius 1 is 1.17 bits per heavy atom. The molecule has 29 heavy (non-hydrogen) atoms. The quantitative estimate of drug-likeness (QED) is 0.241. The van der Waals surface area contributed by atoms with E-state index in [1.807, 2.05) is 19.9 Å². The average molecular weight is 451 g/mol. The van der Waals surface area contributed by atoms with E-state index in [2.05, 4.69) is 33.9 Å². The molecule has 2 atom stereocenters. The fraction of sp³-hybridized carbons (Fsp3) is 0.905. The maximum atomic E-state index is 12.8. The maximum Gasteiger partial charge on any atom is 0.353 e. The van der Waals surface area contributed by atoms with Crippen LogP contribution in [0.1, 0.15) is 60.3 Å². The largest absolute Gasteiger partial charge is 0.417 e. The first kappa shape index (κ1) is 27.0. The topological polar surface area (TPSA) is 63.2 Å². The molecule has 0 aromatic carbocycles. The summed E-state index contributed by atoms with van der Waals surface area (Å²) >= 11 is 0. The van der Waals surface area contributed by atoms with E-state index in [1.54, 1.807) is 5.82 Å². The van der Waals surface area contributed by atoms with Crippen molar-refractivity contribution in [1.82, 2.24) is 0 Å². The minimum atomic E-state index is -3.22. The molecule has 0 aromatic heterocycles. The van der Waals surface area contributed by atoms with Gasteiger partial charge in [-0.25, -0.2) is 0 Å². The lowest BCUT2D eigenvalue weighted by Crippen LogP contribution is -2.41. The molecule has 1 saturated heterocycles. The first-order valence-electron chi connectivity index (χ1n) is 11.0. The predicted molar refractivity (Wildman–Crippen MR) is 121 cm³/mol. The van der Waals surface area contributed by atoms with Crippen molar-refractivity contribution in [2.75, 3.05) is 33.0 Å². The van der Waals surface area contributed by atoms with Crippen LogP contribution in [0.25, 0.3) is 0 Å². The highest BCUT2D eigenvalue weighted by Crippen LogP contribution is 2.50. The van der Waals surface area contributed by atoms with Gasteiger partial charge in [-0.15, -0.1) is 0 Å². The lowest BCUT2D eigenvalue weighted by molar-refractivity contribution is -0.167. The molecule has 1 fully saturated rings. The van der Waals surface area contributed by atoms with Crippen LogP contribution in [0.5, 0.6) is 0 Å². The minimum Gasteiger partial charge on any atom is -0.417 e. The van der Waals surface area contributed by atoms with Gasteiger partial charge in [0.25, 0.3) is 0 Å². The van der Waals surface area contributed by atoms with Gasteiger partial charge in [0.2, 0.25) is 0 Å². The summed E-state index contributed by atoms with van der Waals surface area (Å²) in [6.07, 6.45) is 5.69. The number of rotatable bonds is 13. The highest BCUT2D eigenvalue weighted by molar-refractivity contribution is 7.57. The lowest BCUT2D eigenvalue weighted by Gasteiger charge is -2.36. The van der Waals surface area contributed by atoms with E-state index >= 15 is 0 Å². The van der Waals surface area contributed by atoms with Crippen LogP contribution in [0.2, 0.25) is 18.1 Å². The molecule has 0 aromatic rings. The van der Waals surface area contributed by atoms with Gasteiger partial charge in [0.05, 0.1) is 19.8 Å². The Bertz CT molecular complexity index is 516. The van der Waals surface area contributed by atoms with Gasteiger partial charge >= 0.3 is 7.60 Å². The fourth-order valence-electron chi connectivity index (χ4n) is 2.70. The number of hydrogen-bond acceptors (Lipinski definition) is 6. The monoisotopic (exact) mass is 450 g/mol.